The fourth-order valence-electron chi connectivity index (χ4n) is 4.22. The van der Waals surface area contributed by atoms with Gasteiger partial charge >= 0.3 is 0 Å². The van der Waals surface area contributed by atoms with E-state index in [-0.39, 0.29) is 17.2 Å². The highest BCUT2D eigenvalue weighted by Crippen LogP contribution is 2.49. The van der Waals surface area contributed by atoms with Gasteiger partial charge in [-0.1, -0.05) is 11.3 Å². The first-order chi connectivity index (χ1) is 15.4. The number of hydrogen-bond donors (Lipinski definition) is 2. The molecule has 1 aliphatic heterocycles. The van der Waals surface area contributed by atoms with Gasteiger partial charge < -0.3 is 19.9 Å². The molecule has 11 heteroatoms. The number of Topliss-reactive ketones (excluding diaryl/α,β-unsaturated/α-hetero) is 1. The number of methoxy groups -OCH3 is 3. The Kier molecular flexibility index (Phi) is 5.90. The molecule has 2 heterocycles. The number of nitrogens with two attached hydrogens (primary N) is 1. The molecule has 32 heavy (non-hydrogen) atoms. The monoisotopic (exact) mass is 471 g/mol. The molecule has 0 spiro atoms. The van der Waals surface area contributed by atoms with Gasteiger partial charge in [0.1, 0.15) is 5.82 Å². The van der Waals surface area contributed by atoms with Crippen LogP contribution in [-0.2, 0) is 4.79 Å². The van der Waals surface area contributed by atoms with Gasteiger partial charge in [-0.05, 0) is 42.8 Å². The van der Waals surface area contributed by atoms with E-state index in [2.05, 4.69) is 16.3 Å². The van der Waals surface area contributed by atoms with Crippen molar-refractivity contribution in [3.63, 3.8) is 0 Å². The van der Waals surface area contributed by atoms with E-state index < -0.39 is 5.92 Å². The summed E-state index contributed by atoms with van der Waals surface area (Å²) in [5.41, 5.74) is 8.67. The van der Waals surface area contributed by atoms with Crippen molar-refractivity contribution >= 4 is 34.5 Å². The number of nitrogens with one attached hydrogen (secondary N) is 1. The standard InChI is InChI=1S/C21H21N5O4S2/c1-28-14-7-10(8-15(29-2)18(14)30-3)16-11(9-22)19(23)26(20-24-25-21(31)32-20)12-5-4-6-13(27)17(12)16/h7-8,16H,4-6,23H2,1-3H3,(H,25,31). The van der Waals surface area contributed by atoms with Crippen LogP contribution >= 0.6 is 23.6 Å². The highest BCUT2D eigenvalue weighted by atomic mass is 32.1. The van der Waals surface area contributed by atoms with E-state index in [0.717, 1.165) is 5.70 Å². The minimum absolute atomic E-state index is 0.0330. The lowest BCUT2D eigenvalue weighted by Crippen LogP contribution is -2.38. The van der Waals surface area contributed by atoms with E-state index in [0.29, 0.717) is 56.7 Å². The number of benzene rings is 1. The van der Waals surface area contributed by atoms with E-state index in [4.69, 9.17) is 32.2 Å². The minimum Gasteiger partial charge on any atom is -0.493 e. The number of hydrogen-bond acceptors (Lipinski definition) is 10. The van der Waals surface area contributed by atoms with Crippen LogP contribution in [0.15, 0.2) is 34.8 Å². The number of H-pyrrole nitrogens is 1. The van der Waals surface area contributed by atoms with Crippen LogP contribution in [0.4, 0.5) is 5.13 Å². The zero-order chi connectivity index (χ0) is 23.0. The molecule has 3 N–H and O–H groups in total. The number of allylic oxidation sites excluding steroid dienone is 3. The van der Waals surface area contributed by atoms with Crippen LogP contribution in [0.3, 0.4) is 0 Å². The molecule has 0 saturated heterocycles. The second kappa shape index (κ2) is 8.64. The fourth-order valence-corrected chi connectivity index (χ4v) is 5.14. The normalized spacial score (nSPS) is 18.4. The molecule has 9 nitrogen and oxygen atoms in total. The Balaban J connectivity index is 1.99. The average molecular weight is 472 g/mol. The number of rotatable bonds is 5. The molecule has 0 bridgehead atoms. The number of carbonyl (C=O) groups is 1. The molecule has 1 aromatic heterocycles. The van der Waals surface area contributed by atoms with Crippen LogP contribution in [0.1, 0.15) is 30.7 Å². The number of carbonyl (C=O) groups excluding carboxylic acids is 1. The number of aromatic nitrogens is 2. The predicted octanol–water partition coefficient (Wildman–Crippen LogP) is 3.53. The third-order valence-corrected chi connectivity index (χ3v) is 6.63. The first-order valence-electron chi connectivity index (χ1n) is 9.76. The van der Waals surface area contributed by atoms with Gasteiger partial charge in [0.2, 0.25) is 10.9 Å². The van der Waals surface area contributed by atoms with Gasteiger partial charge in [0.15, 0.2) is 21.2 Å². The number of ether oxygens (including phenoxy) is 3. The Bertz CT molecular complexity index is 1230. The molecule has 0 radical (unpaired) electrons. The highest BCUT2D eigenvalue weighted by molar-refractivity contribution is 7.73. The molecule has 2 aliphatic rings. The van der Waals surface area contributed by atoms with Crippen molar-refractivity contribution in [2.45, 2.75) is 25.2 Å². The van der Waals surface area contributed by atoms with Gasteiger partial charge in [0.05, 0.1) is 38.9 Å². The summed E-state index contributed by atoms with van der Waals surface area (Å²) in [7, 11) is 4.54. The van der Waals surface area contributed by atoms with E-state index in [9.17, 15) is 10.1 Å². The topological polar surface area (TPSA) is 126 Å². The molecular weight excluding hydrogens is 450 g/mol. The maximum atomic E-state index is 13.2. The molecule has 1 aliphatic carbocycles. The number of ketones is 1. The number of nitrogens with zero attached hydrogens (tertiary/aromatic N) is 3. The van der Waals surface area contributed by atoms with Crippen molar-refractivity contribution < 1.29 is 19.0 Å². The predicted molar refractivity (Wildman–Crippen MR) is 121 cm³/mol. The summed E-state index contributed by atoms with van der Waals surface area (Å²) < 4.78 is 16.9. The molecule has 166 valence electrons. The van der Waals surface area contributed by atoms with Crippen molar-refractivity contribution in [3.05, 3.63) is 44.3 Å². The van der Waals surface area contributed by atoms with Crippen LogP contribution in [0.2, 0.25) is 0 Å². The van der Waals surface area contributed by atoms with E-state index in [1.165, 1.54) is 32.7 Å². The summed E-state index contributed by atoms with van der Waals surface area (Å²) in [5, 5.41) is 17.6. The van der Waals surface area contributed by atoms with Crippen molar-refractivity contribution in [2.75, 3.05) is 26.2 Å². The summed E-state index contributed by atoms with van der Waals surface area (Å²) >= 11 is 6.41. The maximum absolute atomic E-state index is 13.2. The third-order valence-electron chi connectivity index (χ3n) is 5.55. The van der Waals surface area contributed by atoms with Gasteiger partial charge in [0.25, 0.3) is 0 Å². The van der Waals surface area contributed by atoms with Crippen molar-refractivity contribution in [3.8, 4) is 23.3 Å². The smallest absolute Gasteiger partial charge is 0.216 e. The summed E-state index contributed by atoms with van der Waals surface area (Å²) in [5.74, 6) is 0.797. The molecule has 1 aromatic carbocycles. The van der Waals surface area contributed by atoms with Gasteiger partial charge in [-0.15, -0.1) is 5.10 Å². The van der Waals surface area contributed by atoms with Crippen molar-refractivity contribution in [1.29, 1.82) is 5.26 Å². The quantitative estimate of drug-likeness (QED) is 0.630. The van der Waals surface area contributed by atoms with Crippen LogP contribution in [0, 0.1) is 15.3 Å². The molecular formula is C21H21N5O4S2. The van der Waals surface area contributed by atoms with Crippen LogP contribution in [0.25, 0.3) is 0 Å². The van der Waals surface area contributed by atoms with Crippen LogP contribution < -0.4 is 24.8 Å². The lowest BCUT2D eigenvalue weighted by molar-refractivity contribution is -0.116. The number of aromatic amines is 1. The Hall–Kier alpha value is -3.36. The summed E-state index contributed by atoms with van der Waals surface area (Å²) in [6, 6.07) is 5.71. The highest BCUT2D eigenvalue weighted by Gasteiger charge is 2.41. The lowest BCUT2D eigenvalue weighted by atomic mass is 9.75. The Morgan fingerprint density at radius 1 is 1.25 bits per heavy atom. The lowest BCUT2D eigenvalue weighted by Gasteiger charge is -2.38. The zero-order valence-corrected chi connectivity index (χ0v) is 19.4. The van der Waals surface area contributed by atoms with Crippen LogP contribution in [-0.4, -0.2) is 37.3 Å². The Morgan fingerprint density at radius 3 is 2.47 bits per heavy atom. The second-order valence-electron chi connectivity index (χ2n) is 7.17. The molecule has 1 atom stereocenters. The Labute approximate surface area is 193 Å². The first-order valence-corrected chi connectivity index (χ1v) is 11.0. The van der Waals surface area contributed by atoms with E-state index in [1.807, 2.05) is 0 Å². The first kappa shape index (κ1) is 21.9. The number of anilines is 1. The molecule has 2 aromatic rings. The molecule has 0 fully saturated rings. The minimum atomic E-state index is -0.667. The fraction of sp³-hybridized carbons (Fsp3) is 0.333. The second-order valence-corrected chi connectivity index (χ2v) is 8.81. The molecule has 1 unspecified atom stereocenters. The zero-order valence-electron chi connectivity index (χ0n) is 17.7. The SMILES string of the molecule is COc1cc(C2C(C#N)=C(N)N(c3n[nH]c(=S)s3)C3=C2C(=O)CCC3)cc(OC)c1OC. The summed E-state index contributed by atoms with van der Waals surface area (Å²) in [6.07, 6.45) is 1.69. The maximum Gasteiger partial charge on any atom is 0.216 e. The molecule has 4 rings (SSSR count). The third kappa shape index (κ3) is 3.41. The summed E-state index contributed by atoms with van der Waals surface area (Å²) in [4.78, 5) is 14.9. The van der Waals surface area contributed by atoms with Gasteiger partial charge in [0, 0.05) is 17.7 Å². The van der Waals surface area contributed by atoms with Crippen LogP contribution in [0.5, 0.6) is 17.2 Å². The van der Waals surface area contributed by atoms with Gasteiger partial charge in [-0.25, -0.2) is 0 Å². The van der Waals surface area contributed by atoms with E-state index in [1.54, 1.807) is 17.0 Å². The number of nitriles is 1. The largest absolute Gasteiger partial charge is 0.493 e. The van der Waals surface area contributed by atoms with Gasteiger partial charge in [-0.2, -0.15) is 5.26 Å². The van der Waals surface area contributed by atoms with Crippen molar-refractivity contribution in [1.82, 2.24) is 10.2 Å². The molecule has 0 saturated carbocycles. The van der Waals surface area contributed by atoms with E-state index >= 15 is 0 Å². The Morgan fingerprint density at radius 2 is 1.94 bits per heavy atom. The van der Waals surface area contributed by atoms with Crippen molar-refractivity contribution in [2.24, 2.45) is 5.73 Å². The molecule has 0 amide bonds. The average Bonchev–Trinajstić information content (AvgIpc) is 3.22. The van der Waals surface area contributed by atoms with Gasteiger partial charge in [-0.3, -0.25) is 14.8 Å². The summed E-state index contributed by atoms with van der Waals surface area (Å²) in [6.45, 7) is 0.